The molecule has 1 saturated heterocycles. The number of amides is 2. The predicted octanol–water partition coefficient (Wildman–Crippen LogP) is 0.917. The molecule has 0 aromatic heterocycles. The van der Waals surface area contributed by atoms with Crippen LogP contribution in [0.5, 0.6) is 0 Å². The van der Waals surface area contributed by atoms with Crippen LogP contribution >= 0.6 is 0 Å². The van der Waals surface area contributed by atoms with Gasteiger partial charge in [0.25, 0.3) is 0 Å². The zero-order valence-electron chi connectivity index (χ0n) is 10.9. The molecule has 1 atom stereocenters. The fourth-order valence-corrected chi connectivity index (χ4v) is 2.24. The molecule has 0 radical (unpaired) electrons. The number of hydrogen-bond donors (Lipinski definition) is 2. The molecule has 1 aliphatic rings. The Bertz CT molecular complexity index is 470. The van der Waals surface area contributed by atoms with Gasteiger partial charge in [-0.2, -0.15) is 0 Å². The maximum Gasteiger partial charge on any atom is 0.313 e. The molecule has 1 fully saturated rings. The number of aliphatic hydroxyl groups is 1. The van der Waals surface area contributed by atoms with Gasteiger partial charge in [0.2, 0.25) is 0 Å². The molecule has 5 nitrogen and oxygen atoms in total. The molecule has 1 aromatic rings. The Balaban J connectivity index is 1.99. The lowest BCUT2D eigenvalue weighted by molar-refractivity contribution is -0.144. The lowest BCUT2D eigenvalue weighted by Crippen LogP contribution is -2.43. The van der Waals surface area contributed by atoms with E-state index < -0.39 is 11.8 Å². The van der Waals surface area contributed by atoms with E-state index in [-0.39, 0.29) is 12.6 Å². The minimum absolute atomic E-state index is 0.0937. The van der Waals surface area contributed by atoms with Gasteiger partial charge in [0, 0.05) is 12.2 Å². The number of benzene rings is 1. The lowest BCUT2D eigenvalue weighted by atomic mass is 10.2. The normalized spacial score (nSPS) is 18.4. The van der Waals surface area contributed by atoms with Crippen molar-refractivity contribution in [3.05, 3.63) is 29.8 Å². The molecule has 2 N–H and O–H groups in total. The molecule has 2 amide bonds. The van der Waals surface area contributed by atoms with Gasteiger partial charge in [-0.05, 0) is 31.9 Å². The molecule has 1 aliphatic heterocycles. The molecule has 19 heavy (non-hydrogen) atoms. The Kier molecular flexibility index (Phi) is 4.16. The topological polar surface area (TPSA) is 69.6 Å². The number of rotatable bonds is 2. The van der Waals surface area contributed by atoms with E-state index in [1.54, 1.807) is 12.1 Å². The third-order valence-electron chi connectivity index (χ3n) is 3.35. The van der Waals surface area contributed by atoms with Crippen molar-refractivity contribution in [2.45, 2.75) is 25.8 Å². The van der Waals surface area contributed by atoms with Crippen molar-refractivity contribution in [3.8, 4) is 0 Å². The van der Waals surface area contributed by atoms with E-state index in [9.17, 15) is 9.59 Å². The molecular weight excluding hydrogens is 244 g/mol. The highest BCUT2D eigenvalue weighted by atomic mass is 16.3. The van der Waals surface area contributed by atoms with Crippen molar-refractivity contribution in [1.82, 2.24) is 4.90 Å². The zero-order chi connectivity index (χ0) is 13.8. The summed E-state index contributed by atoms with van der Waals surface area (Å²) in [4.78, 5) is 25.3. The third kappa shape index (κ3) is 3.12. The van der Waals surface area contributed by atoms with Gasteiger partial charge < -0.3 is 15.3 Å². The molecule has 0 bridgehead atoms. The number of aryl methyl sites for hydroxylation is 1. The van der Waals surface area contributed by atoms with Gasteiger partial charge in [-0.3, -0.25) is 9.59 Å². The first-order valence-corrected chi connectivity index (χ1v) is 6.41. The summed E-state index contributed by atoms with van der Waals surface area (Å²) in [5.74, 6) is -1.22. The van der Waals surface area contributed by atoms with Gasteiger partial charge in [0.05, 0.1) is 12.6 Å². The van der Waals surface area contributed by atoms with Gasteiger partial charge in [0.1, 0.15) is 0 Å². The molecule has 5 heteroatoms. The fourth-order valence-electron chi connectivity index (χ4n) is 2.24. The van der Waals surface area contributed by atoms with Crippen molar-refractivity contribution < 1.29 is 14.7 Å². The minimum Gasteiger partial charge on any atom is -0.394 e. The highest BCUT2D eigenvalue weighted by molar-refractivity contribution is 6.39. The SMILES string of the molecule is Cc1ccc(NC(=O)C(=O)N2CCCC2CO)cc1. The smallest absolute Gasteiger partial charge is 0.313 e. The molecule has 2 rings (SSSR count). The van der Waals surface area contributed by atoms with E-state index in [0.717, 1.165) is 18.4 Å². The van der Waals surface area contributed by atoms with Crippen molar-refractivity contribution in [1.29, 1.82) is 0 Å². The molecule has 1 heterocycles. The van der Waals surface area contributed by atoms with Crippen LogP contribution in [0.4, 0.5) is 5.69 Å². The van der Waals surface area contributed by atoms with Crippen LogP contribution in [0, 0.1) is 6.92 Å². The first-order valence-electron chi connectivity index (χ1n) is 6.41. The Morgan fingerprint density at radius 2 is 2.05 bits per heavy atom. The van der Waals surface area contributed by atoms with E-state index in [4.69, 9.17) is 5.11 Å². The number of likely N-dealkylation sites (tertiary alicyclic amines) is 1. The summed E-state index contributed by atoms with van der Waals surface area (Å²) in [6, 6.07) is 7.03. The number of carbonyl (C=O) groups excluding carboxylic acids is 2. The summed E-state index contributed by atoms with van der Waals surface area (Å²) in [5, 5.41) is 11.7. The van der Waals surface area contributed by atoms with Gasteiger partial charge in [-0.25, -0.2) is 0 Å². The van der Waals surface area contributed by atoms with E-state index in [1.165, 1.54) is 4.90 Å². The van der Waals surface area contributed by atoms with Crippen LogP contribution in [0.2, 0.25) is 0 Å². The van der Waals surface area contributed by atoms with E-state index in [0.29, 0.717) is 12.2 Å². The van der Waals surface area contributed by atoms with Crippen LogP contribution in [-0.2, 0) is 9.59 Å². The standard InChI is InChI=1S/C14H18N2O3/c1-10-4-6-11(7-5-10)15-13(18)14(19)16-8-2-3-12(16)9-17/h4-7,12,17H,2-3,8-9H2,1H3,(H,15,18). The summed E-state index contributed by atoms with van der Waals surface area (Å²) in [5.41, 5.74) is 1.69. The highest BCUT2D eigenvalue weighted by Gasteiger charge is 2.31. The van der Waals surface area contributed by atoms with Gasteiger partial charge in [-0.15, -0.1) is 0 Å². The van der Waals surface area contributed by atoms with Crippen LogP contribution in [0.15, 0.2) is 24.3 Å². The summed E-state index contributed by atoms with van der Waals surface area (Å²) in [7, 11) is 0. The van der Waals surface area contributed by atoms with Crippen molar-refractivity contribution in [3.63, 3.8) is 0 Å². The summed E-state index contributed by atoms with van der Waals surface area (Å²) in [6.45, 7) is 2.39. The minimum atomic E-state index is -0.649. The van der Waals surface area contributed by atoms with Crippen LogP contribution in [0.3, 0.4) is 0 Å². The van der Waals surface area contributed by atoms with Gasteiger partial charge in [0.15, 0.2) is 0 Å². The summed E-state index contributed by atoms with van der Waals surface area (Å²) in [6.07, 6.45) is 1.58. The van der Waals surface area contributed by atoms with Crippen molar-refractivity contribution >= 4 is 17.5 Å². The highest BCUT2D eigenvalue weighted by Crippen LogP contribution is 2.17. The number of nitrogens with one attached hydrogen (secondary N) is 1. The van der Waals surface area contributed by atoms with Gasteiger partial charge >= 0.3 is 11.8 Å². The fraction of sp³-hybridized carbons (Fsp3) is 0.429. The number of aliphatic hydroxyl groups excluding tert-OH is 1. The zero-order valence-corrected chi connectivity index (χ0v) is 10.9. The van der Waals surface area contributed by atoms with Crippen molar-refractivity contribution in [2.75, 3.05) is 18.5 Å². The van der Waals surface area contributed by atoms with E-state index >= 15 is 0 Å². The van der Waals surface area contributed by atoms with Crippen molar-refractivity contribution in [2.24, 2.45) is 0 Å². The lowest BCUT2D eigenvalue weighted by Gasteiger charge is -2.22. The van der Waals surface area contributed by atoms with E-state index in [2.05, 4.69) is 5.32 Å². The molecule has 0 saturated carbocycles. The number of hydrogen-bond acceptors (Lipinski definition) is 3. The third-order valence-corrected chi connectivity index (χ3v) is 3.35. The predicted molar refractivity (Wildman–Crippen MR) is 71.6 cm³/mol. The summed E-state index contributed by atoms with van der Waals surface area (Å²) < 4.78 is 0. The monoisotopic (exact) mass is 262 g/mol. The van der Waals surface area contributed by atoms with Crippen LogP contribution < -0.4 is 5.32 Å². The maximum absolute atomic E-state index is 12.0. The van der Waals surface area contributed by atoms with Gasteiger partial charge in [-0.1, -0.05) is 17.7 Å². The molecule has 0 aliphatic carbocycles. The molecule has 1 aromatic carbocycles. The number of anilines is 1. The number of nitrogens with zero attached hydrogens (tertiary/aromatic N) is 1. The summed E-state index contributed by atoms with van der Waals surface area (Å²) >= 11 is 0. The largest absolute Gasteiger partial charge is 0.394 e. The van der Waals surface area contributed by atoms with E-state index in [1.807, 2.05) is 19.1 Å². The van der Waals surface area contributed by atoms with Crippen LogP contribution in [-0.4, -0.2) is 41.0 Å². The molecular formula is C14H18N2O3. The maximum atomic E-state index is 12.0. The average molecular weight is 262 g/mol. The first kappa shape index (κ1) is 13.5. The first-order chi connectivity index (χ1) is 9.11. The van der Waals surface area contributed by atoms with Crippen LogP contribution in [0.25, 0.3) is 0 Å². The molecule has 0 spiro atoms. The quantitative estimate of drug-likeness (QED) is 0.779. The second-order valence-corrected chi connectivity index (χ2v) is 4.80. The second-order valence-electron chi connectivity index (χ2n) is 4.80. The average Bonchev–Trinajstić information content (AvgIpc) is 2.88. The Hall–Kier alpha value is -1.88. The Morgan fingerprint density at radius 1 is 1.37 bits per heavy atom. The Labute approximate surface area is 112 Å². The molecule has 102 valence electrons. The Morgan fingerprint density at radius 3 is 2.68 bits per heavy atom. The second kappa shape index (κ2) is 5.84. The number of carbonyl (C=O) groups is 2. The molecule has 1 unspecified atom stereocenters. The van der Waals surface area contributed by atoms with Crippen LogP contribution in [0.1, 0.15) is 18.4 Å².